The lowest BCUT2D eigenvalue weighted by Gasteiger charge is -2.28. The monoisotopic (exact) mass is 342 g/mol. The van der Waals surface area contributed by atoms with Crippen LogP contribution in [0.3, 0.4) is 0 Å². The minimum absolute atomic E-state index is 0.114. The van der Waals surface area contributed by atoms with Crippen molar-refractivity contribution in [2.75, 3.05) is 6.61 Å². The van der Waals surface area contributed by atoms with E-state index >= 15 is 0 Å². The predicted octanol–water partition coefficient (Wildman–Crippen LogP) is 3.71. The van der Waals surface area contributed by atoms with Gasteiger partial charge in [-0.05, 0) is 36.5 Å². The van der Waals surface area contributed by atoms with Crippen LogP contribution in [0.4, 0.5) is 0 Å². The molecule has 0 fully saturated rings. The third kappa shape index (κ3) is 5.60. The van der Waals surface area contributed by atoms with Gasteiger partial charge in [0, 0.05) is 11.9 Å². The Balaban J connectivity index is 2.12. The second kappa shape index (κ2) is 9.61. The van der Waals surface area contributed by atoms with Crippen LogP contribution < -0.4 is 0 Å². The fourth-order valence-corrected chi connectivity index (χ4v) is 3.10. The summed E-state index contributed by atoms with van der Waals surface area (Å²) in [4.78, 5) is 0. The number of phenols is 1. The van der Waals surface area contributed by atoms with Gasteiger partial charge in [-0.15, -0.1) is 0 Å². The molecule has 5 heteroatoms. The minimum atomic E-state index is -0.808. The van der Waals surface area contributed by atoms with Crippen LogP contribution in [0.1, 0.15) is 38.2 Å². The van der Waals surface area contributed by atoms with Gasteiger partial charge in [-0.1, -0.05) is 55.8 Å². The number of benzene rings is 1. The quantitative estimate of drug-likeness (QED) is 0.630. The molecule has 0 aromatic heterocycles. The summed E-state index contributed by atoms with van der Waals surface area (Å²) in [5, 5.41) is 29.1. The molecule has 4 nitrogen and oxygen atoms in total. The lowest BCUT2D eigenvalue weighted by molar-refractivity contribution is 0.180. The predicted molar refractivity (Wildman–Crippen MR) is 102 cm³/mol. The fraction of sp³-hybridized carbons (Fsp3) is 0.400. The van der Waals surface area contributed by atoms with Crippen molar-refractivity contribution in [3.8, 4) is 5.75 Å². The van der Waals surface area contributed by atoms with E-state index in [0.717, 1.165) is 30.4 Å². The average molecular weight is 342 g/mol. The smallest absolute Gasteiger partial charge is 0.458 e. The fourth-order valence-electron chi connectivity index (χ4n) is 3.10. The van der Waals surface area contributed by atoms with E-state index in [-0.39, 0.29) is 18.5 Å². The molecule has 0 spiro atoms. The largest absolute Gasteiger partial charge is 0.507 e. The Kier molecular flexibility index (Phi) is 7.50. The number of rotatable bonds is 8. The lowest BCUT2D eigenvalue weighted by atomic mass is 9.78. The summed E-state index contributed by atoms with van der Waals surface area (Å²) in [6, 6.07) is 7.29. The molecule has 1 atom stereocenters. The Labute approximate surface area is 150 Å². The van der Waals surface area contributed by atoms with Gasteiger partial charge >= 0.3 is 7.12 Å². The van der Waals surface area contributed by atoms with E-state index in [4.69, 9.17) is 4.65 Å². The maximum absolute atomic E-state index is 9.98. The summed E-state index contributed by atoms with van der Waals surface area (Å²) < 4.78 is 5.66. The zero-order chi connectivity index (χ0) is 18.2. The lowest BCUT2D eigenvalue weighted by Crippen LogP contribution is -2.32. The molecule has 3 N–H and O–H groups in total. The summed E-state index contributed by atoms with van der Waals surface area (Å²) in [5.74, 6) is 0.273. The van der Waals surface area contributed by atoms with Gasteiger partial charge in [-0.25, -0.2) is 0 Å². The van der Waals surface area contributed by atoms with E-state index in [2.05, 4.69) is 13.5 Å². The van der Waals surface area contributed by atoms with Crippen LogP contribution >= 0.6 is 0 Å². The van der Waals surface area contributed by atoms with Crippen LogP contribution in [0, 0.1) is 0 Å². The molecule has 0 amide bonds. The topological polar surface area (TPSA) is 69.9 Å². The number of para-hydroxylation sites is 1. The van der Waals surface area contributed by atoms with Gasteiger partial charge < -0.3 is 19.9 Å². The molecule has 1 heterocycles. The van der Waals surface area contributed by atoms with Gasteiger partial charge in [-0.3, -0.25) is 0 Å². The van der Waals surface area contributed by atoms with Gasteiger partial charge in [0.05, 0.1) is 12.7 Å². The first kappa shape index (κ1) is 19.5. The second-order valence-corrected chi connectivity index (χ2v) is 6.39. The van der Waals surface area contributed by atoms with E-state index in [1.165, 1.54) is 5.57 Å². The van der Waals surface area contributed by atoms with E-state index in [0.29, 0.717) is 18.3 Å². The maximum atomic E-state index is 9.98. The molecule has 2 rings (SSSR count). The highest BCUT2D eigenvalue weighted by Gasteiger charge is 2.28. The third-order valence-electron chi connectivity index (χ3n) is 4.40. The third-order valence-corrected chi connectivity index (χ3v) is 4.40. The Bertz CT molecular complexity index is 651. The molecule has 1 aliphatic heterocycles. The summed E-state index contributed by atoms with van der Waals surface area (Å²) in [5.41, 5.74) is 3.55. The van der Waals surface area contributed by atoms with Crippen molar-refractivity contribution in [3.63, 3.8) is 0 Å². The number of phenolic OH excluding ortho intramolecular Hbond substituents is 1. The van der Waals surface area contributed by atoms with Crippen LogP contribution in [-0.4, -0.2) is 35.1 Å². The number of aromatic hydroxyl groups is 1. The van der Waals surface area contributed by atoms with Gasteiger partial charge in [-0.2, -0.15) is 0 Å². The van der Waals surface area contributed by atoms with Crippen LogP contribution in [0.2, 0.25) is 6.32 Å². The Morgan fingerprint density at radius 2 is 2.12 bits per heavy atom. The first-order valence-corrected chi connectivity index (χ1v) is 8.85. The number of aliphatic hydroxyl groups is 1. The molecule has 25 heavy (non-hydrogen) atoms. The van der Waals surface area contributed by atoms with E-state index in [9.17, 15) is 15.2 Å². The summed E-state index contributed by atoms with van der Waals surface area (Å²) in [6.45, 7) is 5.90. The molecular weight excluding hydrogens is 315 g/mol. The zero-order valence-corrected chi connectivity index (χ0v) is 14.8. The summed E-state index contributed by atoms with van der Waals surface area (Å²) >= 11 is 0. The molecule has 1 aromatic carbocycles. The molecule has 1 aliphatic rings. The Hall–Kier alpha value is -1.82. The van der Waals surface area contributed by atoms with Crippen molar-refractivity contribution in [3.05, 3.63) is 59.2 Å². The van der Waals surface area contributed by atoms with Crippen LogP contribution in [-0.2, 0) is 4.65 Å². The first-order valence-electron chi connectivity index (χ1n) is 8.85. The van der Waals surface area contributed by atoms with Crippen molar-refractivity contribution < 1.29 is 19.9 Å². The SMILES string of the molecule is C=C(CO)C1=CCB(O)OC1CC/C(=C/c1ccccc1O)CCC. The normalized spacial score (nSPS) is 18.2. The standard InChI is InChI=1S/C20H27BO4/c1-3-6-16(13-17-7-4-5-8-19(17)23)9-10-20-18(15(2)14-22)11-12-21(24)25-20/h4-5,7-8,11,13,20,22-24H,2-3,6,9-10,12,14H2,1H3/b16-13+. The highest BCUT2D eigenvalue weighted by atomic mass is 16.5. The molecule has 1 aromatic rings. The van der Waals surface area contributed by atoms with E-state index in [1.807, 2.05) is 24.3 Å². The van der Waals surface area contributed by atoms with E-state index < -0.39 is 7.12 Å². The van der Waals surface area contributed by atoms with Gasteiger partial charge in [0.15, 0.2) is 0 Å². The van der Waals surface area contributed by atoms with Crippen LogP contribution in [0.15, 0.2) is 53.6 Å². The maximum Gasteiger partial charge on any atom is 0.458 e. The molecule has 134 valence electrons. The molecule has 0 radical (unpaired) electrons. The molecule has 0 bridgehead atoms. The van der Waals surface area contributed by atoms with Crippen molar-refractivity contribution in [2.24, 2.45) is 0 Å². The second-order valence-electron chi connectivity index (χ2n) is 6.39. The van der Waals surface area contributed by atoms with Crippen molar-refractivity contribution >= 4 is 13.2 Å². The minimum Gasteiger partial charge on any atom is -0.507 e. The first-order chi connectivity index (χ1) is 12.0. The van der Waals surface area contributed by atoms with Crippen molar-refractivity contribution in [2.45, 2.75) is 45.0 Å². The van der Waals surface area contributed by atoms with Crippen molar-refractivity contribution in [1.82, 2.24) is 0 Å². The average Bonchev–Trinajstić information content (AvgIpc) is 2.61. The number of hydrogen-bond donors (Lipinski definition) is 3. The van der Waals surface area contributed by atoms with Gasteiger partial charge in [0.2, 0.25) is 0 Å². The van der Waals surface area contributed by atoms with E-state index in [1.54, 1.807) is 12.1 Å². The molecular formula is C20H27BO4. The van der Waals surface area contributed by atoms with Gasteiger partial charge in [0.1, 0.15) is 5.75 Å². The van der Waals surface area contributed by atoms with Crippen LogP contribution in [0.5, 0.6) is 5.75 Å². The molecule has 0 saturated carbocycles. The zero-order valence-electron chi connectivity index (χ0n) is 14.8. The van der Waals surface area contributed by atoms with Crippen LogP contribution in [0.25, 0.3) is 6.08 Å². The summed E-state index contributed by atoms with van der Waals surface area (Å²) in [6.07, 6.45) is 7.51. The highest BCUT2D eigenvalue weighted by Crippen LogP contribution is 2.29. The highest BCUT2D eigenvalue weighted by molar-refractivity contribution is 6.43. The summed E-state index contributed by atoms with van der Waals surface area (Å²) in [7, 11) is -0.808. The molecule has 0 saturated heterocycles. The number of hydrogen-bond acceptors (Lipinski definition) is 4. The van der Waals surface area contributed by atoms with Gasteiger partial charge in [0.25, 0.3) is 0 Å². The Morgan fingerprint density at radius 1 is 1.36 bits per heavy atom. The molecule has 0 aliphatic carbocycles. The Morgan fingerprint density at radius 3 is 2.80 bits per heavy atom. The number of aliphatic hydroxyl groups excluding tert-OH is 1. The number of allylic oxidation sites excluding steroid dienone is 2. The molecule has 1 unspecified atom stereocenters. The van der Waals surface area contributed by atoms with Crippen molar-refractivity contribution in [1.29, 1.82) is 0 Å².